The normalized spacial score (nSPS) is 35.3. The van der Waals surface area contributed by atoms with Crippen LogP contribution in [0.25, 0.3) is 0 Å². The molecule has 0 aromatic heterocycles. The summed E-state index contributed by atoms with van der Waals surface area (Å²) in [5.74, 6) is -0.0383. The van der Waals surface area contributed by atoms with Crippen molar-refractivity contribution in [1.29, 1.82) is 0 Å². The lowest BCUT2D eigenvalue weighted by molar-refractivity contribution is -0.277. The number of carbonyl (C=O) groups is 1. The number of aliphatic hydroxyl groups is 4. The number of esters is 1. The molecule has 1 aromatic rings. The average molecular weight is 352 g/mol. The van der Waals surface area contributed by atoms with Gasteiger partial charge >= 0.3 is 5.97 Å². The maximum Gasteiger partial charge on any atom is 0.331 e. The maximum absolute atomic E-state index is 11.3. The molecule has 1 unspecified atom stereocenters. The molecular weight excluding hydrogens is 332 g/mol. The van der Waals surface area contributed by atoms with Gasteiger partial charge in [0.15, 0.2) is 0 Å². The highest BCUT2D eigenvalue weighted by Crippen LogP contribution is 2.28. The molecular formula is C17H20O8. The average Bonchev–Trinajstić information content (AvgIpc) is 2.63. The Morgan fingerprint density at radius 2 is 1.80 bits per heavy atom. The smallest absolute Gasteiger partial charge is 0.331 e. The van der Waals surface area contributed by atoms with Crippen molar-refractivity contribution in [3.8, 4) is 5.75 Å². The summed E-state index contributed by atoms with van der Waals surface area (Å²) in [5.41, 5.74) is 0.791. The summed E-state index contributed by atoms with van der Waals surface area (Å²) in [6, 6.07) is 6.67. The fourth-order valence-electron chi connectivity index (χ4n) is 2.78. The molecule has 25 heavy (non-hydrogen) atoms. The van der Waals surface area contributed by atoms with Gasteiger partial charge < -0.3 is 34.6 Å². The van der Waals surface area contributed by atoms with Crippen molar-refractivity contribution in [1.82, 2.24) is 0 Å². The van der Waals surface area contributed by atoms with E-state index in [0.29, 0.717) is 12.2 Å². The monoisotopic (exact) mass is 352 g/mol. The fraction of sp³-hybridized carbons (Fsp3) is 0.471. The number of hydrogen-bond acceptors (Lipinski definition) is 8. The van der Waals surface area contributed by atoms with Crippen LogP contribution in [0.1, 0.15) is 18.1 Å². The van der Waals surface area contributed by atoms with Gasteiger partial charge in [0.2, 0.25) is 6.29 Å². The van der Waals surface area contributed by atoms with E-state index in [1.165, 1.54) is 6.08 Å². The standard InChI is InChI=1S/C17H20O8/c18-8-12-14(20)15(21)16(22)17(25-12)23-10-6-4-9(5-7-10)11-2-1-3-13(19)24-11/h1,3-7,11-12,14-18,20-22H,2,8H2/t11?,12-,14-,15-,16-,17-/m1/s1. The van der Waals surface area contributed by atoms with Crippen molar-refractivity contribution in [3.63, 3.8) is 0 Å². The van der Waals surface area contributed by atoms with Crippen LogP contribution in [0.3, 0.4) is 0 Å². The highest BCUT2D eigenvalue weighted by molar-refractivity contribution is 5.82. The molecule has 4 N–H and O–H groups in total. The summed E-state index contributed by atoms with van der Waals surface area (Å²) < 4.78 is 16.0. The minimum atomic E-state index is -1.50. The Balaban J connectivity index is 1.66. The number of rotatable bonds is 4. The van der Waals surface area contributed by atoms with E-state index in [4.69, 9.17) is 14.2 Å². The Labute approximate surface area is 143 Å². The third kappa shape index (κ3) is 3.83. The summed E-state index contributed by atoms with van der Waals surface area (Å²) >= 11 is 0. The maximum atomic E-state index is 11.3. The van der Waals surface area contributed by atoms with E-state index in [-0.39, 0.29) is 6.10 Å². The van der Waals surface area contributed by atoms with E-state index < -0.39 is 43.3 Å². The molecule has 0 saturated carbocycles. The van der Waals surface area contributed by atoms with Gasteiger partial charge in [-0.05, 0) is 17.7 Å². The van der Waals surface area contributed by atoms with Gasteiger partial charge in [0.1, 0.15) is 36.3 Å². The lowest BCUT2D eigenvalue weighted by Gasteiger charge is -2.39. The summed E-state index contributed by atoms with van der Waals surface area (Å²) in [7, 11) is 0. The van der Waals surface area contributed by atoms with Gasteiger partial charge in [0, 0.05) is 12.5 Å². The van der Waals surface area contributed by atoms with Crippen LogP contribution in [-0.4, -0.2) is 63.7 Å². The Morgan fingerprint density at radius 1 is 1.08 bits per heavy atom. The van der Waals surface area contributed by atoms with Crippen molar-refractivity contribution in [3.05, 3.63) is 42.0 Å². The lowest BCUT2D eigenvalue weighted by Crippen LogP contribution is -2.60. The first-order chi connectivity index (χ1) is 12.0. The Kier molecular flexibility index (Phi) is 5.36. The fourth-order valence-corrected chi connectivity index (χ4v) is 2.78. The molecule has 0 amide bonds. The molecule has 2 heterocycles. The predicted molar refractivity (Wildman–Crippen MR) is 83.4 cm³/mol. The second-order valence-corrected chi connectivity index (χ2v) is 5.95. The number of benzene rings is 1. The first kappa shape index (κ1) is 17.8. The van der Waals surface area contributed by atoms with Crippen LogP contribution in [0.15, 0.2) is 36.4 Å². The molecule has 0 radical (unpaired) electrons. The summed E-state index contributed by atoms with van der Waals surface area (Å²) in [5, 5.41) is 38.6. The van der Waals surface area contributed by atoms with E-state index >= 15 is 0 Å². The Bertz CT molecular complexity index is 626. The summed E-state index contributed by atoms with van der Waals surface area (Å²) in [6.45, 7) is -0.524. The highest BCUT2D eigenvalue weighted by atomic mass is 16.7. The molecule has 6 atom stereocenters. The zero-order valence-corrected chi connectivity index (χ0v) is 13.3. The van der Waals surface area contributed by atoms with Crippen molar-refractivity contribution in [2.75, 3.05) is 6.61 Å². The van der Waals surface area contributed by atoms with Crippen molar-refractivity contribution in [2.24, 2.45) is 0 Å². The molecule has 8 heteroatoms. The van der Waals surface area contributed by atoms with Gasteiger partial charge in [0.25, 0.3) is 0 Å². The van der Waals surface area contributed by atoms with Crippen LogP contribution >= 0.6 is 0 Å². The van der Waals surface area contributed by atoms with Crippen LogP contribution in [0.4, 0.5) is 0 Å². The lowest BCUT2D eigenvalue weighted by atomic mass is 9.99. The molecule has 1 fully saturated rings. The molecule has 0 bridgehead atoms. The summed E-state index contributed by atoms with van der Waals surface area (Å²) in [4.78, 5) is 11.3. The minimum absolute atomic E-state index is 0.353. The zero-order chi connectivity index (χ0) is 18.0. The van der Waals surface area contributed by atoms with Crippen LogP contribution in [0, 0.1) is 0 Å². The predicted octanol–water partition coefficient (Wildman–Crippen LogP) is -0.591. The Morgan fingerprint density at radius 3 is 2.44 bits per heavy atom. The van der Waals surface area contributed by atoms with Gasteiger partial charge in [-0.25, -0.2) is 4.79 Å². The number of aliphatic hydroxyl groups excluding tert-OH is 4. The van der Waals surface area contributed by atoms with Gasteiger partial charge in [-0.3, -0.25) is 0 Å². The molecule has 8 nitrogen and oxygen atoms in total. The van der Waals surface area contributed by atoms with Crippen LogP contribution in [-0.2, 0) is 14.3 Å². The number of carbonyl (C=O) groups excluding carboxylic acids is 1. The highest BCUT2D eigenvalue weighted by Gasteiger charge is 2.44. The molecule has 2 aliphatic heterocycles. The van der Waals surface area contributed by atoms with Gasteiger partial charge in [-0.2, -0.15) is 0 Å². The molecule has 1 saturated heterocycles. The largest absolute Gasteiger partial charge is 0.462 e. The van der Waals surface area contributed by atoms with Crippen LogP contribution in [0.2, 0.25) is 0 Å². The van der Waals surface area contributed by atoms with Crippen molar-refractivity contribution < 1.29 is 39.4 Å². The molecule has 2 aliphatic rings. The second-order valence-electron chi connectivity index (χ2n) is 5.95. The molecule has 0 aliphatic carbocycles. The number of cyclic esters (lactones) is 1. The van der Waals surface area contributed by atoms with E-state index in [9.17, 15) is 25.2 Å². The van der Waals surface area contributed by atoms with Gasteiger partial charge in [-0.1, -0.05) is 18.2 Å². The van der Waals surface area contributed by atoms with Gasteiger partial charge in [-0.15, -0.1) is 0 Å². The number of ether oxygens (including phenoxy) is 3. The van der Waals surface area contributed by atoms with Gasteiger partial charge in [0.05, 0.1) is 6.61 Å². The third-order valence-electron chi connectivity index (χ3n) is 4.22. The van der Waals surface area contributed by atoms with Crippen molar-refractivity contribution >= 4 is 5.97 Å². The number of hydrogen-bond donors (Lipinski definition) is 4. The molecule has 0 spiro atoms. The first-order valence-electron chi connectivity index (χ1n) is 7.94. The topological polar surface area (TPSA) is 126 Å². The SMILES string of the molecule is O=C1C=CCC(c2ccc(O[C@@H]3O[C@H](CO)[C@@H](O)[C@@H](O)[C@H]3O)cc2)O1. The molecule has 3 rings (SSSR count). The van der Waals surface area contributed by atoms with E-state index in [1.54, 1.807) is 30.3 Å². The Hall–Kier alpha value is -1.97. The van der Waals surface area contributed by atoms with E-state index in [2.05, 4.69) is 0 Å². The quantitative estimate of drug-likeness (QED) is 0.530. The van der Waals surface area contributed by atoms with E-state index in [1.807, 2.05) is 0 Å². The zero-order valence-electron chi connectivity index (χ0n) is 13.3. The van der Waals surface area contributed by atoms with Crippen LogP contribution in [0.5, 0.6) is 5.75 Å². The van der Waals surface area contributed by atoms with Crippen LogP contribution < -0.4 is 4.74 Å². The molecule has 1 aromatic carbocycles. The first-order valence-corrected chi connectivity index (χ1v) is 7.94. The molecule has 136 valence electrons. The van der Waals surface area contributed by atoms with Crippen molar-refractivity contribution in [2.45, 2.75) is 43.2 Å². The van der Waals surface area contributed by atoms with E-state index in [0.717, 1.165) is 5.56 Å². The third-order valence-corrected chi connectivity index (χ3v) is 4.22. The second kappa shape index (κ2) is 7.51. The summed E-state index contributed by atoms with van der Waals surface area (Å²) in [6.07, 6.45) is -3.32. The minimum Gasteiger partial charge on any atom is -0.462 e.